The first-order chi connectivity index (χ1) is 11.1. The third kappa shape index (κ3) is 14.1. The van der Waals surface area contributed by atoms with Gasteiger partial charge in [0.05, 0.1) is 5.75 Å². The fraction of sp³-hybridized carbons (Fsp3) is 0.929. The van der Waals surface area contributed by atoms with Gasteiger partial charge in [0.15, 0.2) is 0 Å². The van der Waals surface area contributed by atoms with Crippen molar-refractivity contribution in [3.8, 4) is 0 Å². The van der Waals surface area contributed by atoms with E-state index < -0.39 is 30.3 Å². The highest BCUT2D eigenvalue weighted by Crippen LogP contribution is 2.29. The molecule has 1 aliphatic heterocycles. The van der Waals surface area contributed by atoms with Crippen molar-refractivity contribution in [1.82, 2.24) is 4.90 Å². The minimum atomic E-state index is -4.40. The fourth-order valence-corrected chi connectivity index (χ4v) is 2.71. The van der Waals surface area contributed by atoms with Crippen LogP contribution in [0.2, 0.25) is 0 Å². The van der Waals surface area contributed by atoms with Crippen molar-refractivity contribution >= 4 is 17.9 Å². The summed E-state index contributed by atoms with van der Waals surface area (Å²) >= 11 is 0.927. The van der Waals surface area contributed by atoms with Gasteiger partial charge >= 0.3 is 18.4 Å². The van der Waals surface area contributed by atoms with Gasteiger partial charge in [0.25, 0.3) is 0 Å². The molecule has 25 heavy (non-hydrogen) atoms. The van der Waals surface area contributed by atoms with E-state index in [0.717, 1.165) is 11.8 Å². The van der Waals surface area contributed by atoms with Crippen LogP contribution in [0.25, 0.3) is 0 Å². The Kier molecular flexibility index (Phi) is 9.42. The van der Waals surface area contributed by atoms with E-state index in [1.54, 1.807) is 25.7 Å². The highest BCUT2D eigenvalue weighted by atomic mass is 32.2. The van der Waals surface area contributed by atoms with Gasteiger partial charge in [0.2, 0.25) is 0 Å². The Hall–Kier alpha value is -0.840. The zero-order valence-electron chi connectivity index (χ0n) is 14.2. The molecule has 1 fully saturated rings. The maximum Gasteiger partial charge on any atom is 0.411 e. The monoisotopic (exact) mass is 399 g/mol. The molecule has 0 aromatic carbocycles. The van der Waals surface area contributed by atoms with Crippen molar-refractivity contribution in [1.29, 1.82) is 0 Å². The lowest BCUT2D eigenvalue weighted by Crippen LogP contribution is -2.42. The molecule has 0 spiro atoms. The zero-order valence-corrected chi connectivity index (χ0v) is 15.0. The molecule has 0 aliphatic carbocycles. The van der Waals surface area contributed by atoms with Gasteiger partial charge < -0.3 is 14.7 Å². The number of hydrogen-bond acceptors (Lipinski definition) is 4. The molecule has 1 heterocycles. The van der Waals surface area contributed by atoms with Crippen molar-refractivity contribution < 1.29 is 41.0 Å². The summed E-state index contributed by atoms with van der Waals surface area (Å²) in [6, 6.07) is 0. The quantitative estimate of drug-likeness (QED) is 0.707. The number of piperidine rings is 1. The Morgan fingerprint density at radius 3 is 1.84 bits per heavy atom. The van der Waals surface area contributed by atoms with Crippen molar-refractivity contribution in [2.24, 2.45) is 0 Å². The summed E-state index contributed by atoms with van der Waals surface area (Å²) < 4.78 is 73.1. The summed E-state index contributed by atoms with van der Waals surface area (Å²) in [6.45, 7) is 4.56. The fourth-order valence-electron chi connectivity index (χ4n) is 1.74. The molecule has 1 amide bonds. The van der Waals surface area contributed by atoms with Gasteiger partial charge in [-0.25, -0.2) is 4.79 Å². The molecule has 0 aromatic rings. The Morgan fingerprint density at radius 1 is 1.08 bits per heavy atom. The van der Waals surface area contributed by atoms with Gasteiger partial charge in [-0.05, 0) is 33.6 Å². The summed E-state index contributed by atoms with van der Waals surface area (Å²) in [6.07, 6.45) is -7.74. The smallest absolute Gasteiger partial charge is 0.411 e. The third-order valence-electron chi connectivity index (χ3n) is 2.76. The second kappa shape index (κ2) is 9.75. The predicted octanol–water partition coefficient (Wildman–Crippen LogP) is 4.22. The Bertz CT molecular complexity index is 401. The van der Waals surface area contributed by atoms with E-state index in [1.165, 1.54) is 0 Å². The lowest BCUT2D eigenvalue weighted by atomic mass is 10.1. The maximum atomic E-state index is 12.1. The molecule has 0 bridgehead atoms. The lowest BCUT2D eigenvalue weighted by molar-refractivity contribution is -0.159. The SMILES string of the molecule is CC(C)(C)OC(=O)N1CCC(SCC(F)(F)F)CC1.OCC(F)(F)F. The normalized spacial score (nSPS) is 17.0. The van der Waals surface area contributed by atoms with Gasteiger partial charge in [0, 0.05) is 18.3 Å². The number of amides is 1. The van der Waals surface area contributed by atoms with Crippen LogP contribution in [0.15, 0.2) is 0 Å². The van der Waals surface area contributed by atoms with E-state index in [4.69, 9.17) is 9.84 Å². The molecule has 150 valence electrons. The van der Waals surface area contributed by atoms with Gasteiger partial charge in [-0.15, -0.1) is 11.8 Å². The van der Waals surface area contributed by atoms with Gasteiger partial charge in [-0.2, -0.15) is 26.3 Å². The van der Waals surface area contributed by atoms with E-state index in [-0.39, 0.29) is 11.3 Å². The average Bonchev–Trinajstić information content (AvgIpc) is 2.43. The molecule has 0 saturated carbocycles. The zero-order chi connectivity index (χ0) is 19.9. The van der Waals surface area contributed by atoms with Gasteiger partial charge in [0.1, 0.15) is 12.2 Å². The number of halogens is 6. The van der Waals surface area contributed by atoms with E-state index in [9.17, 15) is 31.1 Å². The molecule has 1 aliphatic rings. The van der Waals surface area contributed by atoms with E-state index in [1.807, 2.05) is 0 Å². The summed E-state index contributed by atoms with van der Waals surface area (Å²) in [5.41, 5.74) is -0.543. The molecule has 0 unspecified atom stereocenters. The number of carbonyl (C=O) groups is 1. The molecule has 0 atom stereocenters. The summed E-state index contributed by atoms with van der Waals surface area (Å²) in [5.74, 6) is -0.815. The first-order valence-electron chi connectivity index (χ1n) is 7.47. The average molecular weight is 399 g/mol. The number of carbonyl (C=O) groups excluding carboxylic acids is 1. The Labute approximate surface area is 146 Å². The molecule has 1 N–H and O–H groups in total. The van der Waals surface area contributed by atoms with Crippen LogP contribution in [0.3, 0.4) is 0 Å². The third-order valence-corrected chi connectivity index (χ3v) is 4.19. The summed E-state index contributed by atoms with van der Waals surface area (Å²) in [7, 11) is 0. The molecular formula is C14H23F6NO3S. The predicted molar refractivity (Wildman–Crippen MR) is 82.5 cm³/mol. The van der Waals surface area contributed by atoms with E-state index in [2.05, 4.69) is 0 Å². The number of aliphatic hydroxyl groups excluding tert-OH is 1. The standard InChI is InChI=1S/C12H20F3NO2S.C2H3F3O/c1-11(2,3)18-10(17)16-6-4-9(5-7-16)19-8-12(13,14)15;3-2(4,5)1-6/h9H,4-8H2,1-3H3;6H,1H2. The van der Waals surface area contributed by atoms with Gasteiger partial charge in [-0.3, -0.25) is 0 Å². The van der Waals surface area contributed by atoms with Gasteiger partial charge in [-0.1, -0.05) is 0 Å². The molecule has 4 nitrogen and oxygen atoms in total. The summed E-state index contributed by atoms with van der Waals surface area (Å²) in [4.78, 5) is 13.3. The first kappa shape index (κ1) is 24.2. The number of likely N-dealkylation sites (tertiary alicyclic amines) is 1. The van der Waals surface area contributed by atoms with Crippen LogP contribution in [0.5, 0.6) is 0 Å². The highest BCUT2D eigenvalue weighted by Gasteiger charge is 2.31. The van der Waals surface area contributed by atoms with Crippen molar-refractivity contribution in [3.63, 3.8) is 0 Å². The molecule has 11 heteroatoms. The van der Waals surface area contributed by atoms with Crippen LogP contribution < -0.4 is 0 Å². The topological polar surface area (TPSA) is 49.8 Å². The highest BCUT2D eigenvalue weighted by molar-refractivity contribution is 7.99. The number of hydrogen-bond donors (Lipinski definition) is 1. The minimum absolute atomic E-state index is 0.0275. The second-order valence-corrected chi connectivity index (χ2v) is 7.65. The number of aliphatic hydroxyl groups is 1. The Balaban J connectivity index is 0.000000823. The number of alkyl halides is 6. The van der Waals surface area contributed by atoms with Crippen LogP contribution in [-0.4, -0.2) is 64.8 Å². The van der Waals surface area contributed by atoms with E-state index in [0.29, 0.717) is 25.9 Å². The maximum absolute atomic E-state index is 12.1. The number of rotatable bonds is 2. The van der Waals surface area contributed by atoms with Crippen LogP contribution in [0.1, 0.15) is 33.6 Å². The first-order valence-corrected chi connectivity index (χ1v) is 8.52. The number of nitrogens with zero attached hydrogens (tertiary/aromatic N) is 1. The van der Waals surface area contributed by atoms with Crippen molar-refractivity contribution in [2.45, 2.75) is 56.8 Å². The van der Waals surface area contributed by atoms with Crippen LogP contribution in [-0.2, 0) is 4.74 Å². The van der Waals surface area contributed by atoms with Crippen LogP contribution in [0.4, 0.5) is 31.1 Å². The molecule has 0 radical (unpaired) electrons. The van der Waals surface area contributed by atoms with Crippen LogP contribution >= 0.6 is 11.8 Å². The second-order valence-electron chi connectivity index (χ2n) is 6.37. The van der Waals surface area contributed by atoms with Crippen molar-refractivity contribution in [3.05, 3.63) is 0 Å². The molecule has 1 rings (SSSR count). The molecule has 1 saturated heterocycles. The largest absolute Gasteiger partial charge is 0.444 e. The molecule has 0 aromatic heterocycles. The van der Waals surface area contributed by atoms with E-state index >= 15 is 0 Å². The lowest BCUT2D eigenvalue weighted by Gasteiger charge is -2.33. The number of ether oxygens (including phenoxy) is 1. The van der Waals surface area contributed by atoms with Crippen LogP contribution in [0, 0.1) is 0 Å². The Morgan fingerprint density at radius 2 is 1.52 bits per heavy atom. The summed E-state index contributed by atoms with van der Waals surface area (Å²) in [5, 5.41) is 7.25. The minimum Gasteiger partial charge on any atom is -0.444 e. The molecular weight excluding hydrogens is 376 g/mol. The van der Waals surface area contributed by atoms with Crippen molar-refractivity contribution in [2.75, 3.05) is 25.4 Å². The number of thioether (sulfide) groups is 1.